The van der Waals surface area contributed by atoms with Crippen molar-refractivity contribution in [2.75, 3.05) is 6.61 Å². The first-order chi connectivity index (χ1) is 13.3. The topological polar surface area (TPSA) is 9.23 Å². The first-order valence-corrected chi connectivity index (χ1v) is 9.66. The van der Waals surface area contributed by atoms with Gasteiger partial charge in [-0.05, 0) is 91.4 Å². The first kappa shape index (κ1) is 20.2. The predicted molar refractivity (Wildman–Crippen MR) is 117 cm³/mol. The number of benzene rings is 3. The molecule has 0 aliphatic carbocycles. The van der Waals surface area contributed by atoms with Crippen LogP contribution >= 0.6 is 11.6 Å². The highest BCUT2D eigenvalue weighted by atomic mass is 35.5. The van der Waals surface area contributed by atoms with Gasteiger partial charge in [-0.3, -0.25) is 0 Å². The van der Waals surface area contributed by atoms with Gasteiger partial charge in [0.25, 0.3) is 0 Å². The molecule has 0 unspecified atom stereocenters. The van der Waals surface area contributed by atoms with E-state index >= 15 is 0 Å². The second-order valence-corrected chi connectivity index (χ2v) is 7.66. The van der Waals surface area contributed by atoms with Crippen molar-refractivity contribution in [2.45, 2.75) is 27.7 Å². The maximum Gasteiger partial charge on any atom is 0.165 e. The molecule has 1 nitrogen and oxygen atoms in total. The molecule has 0 spiro atoms. The van der Waals surface area contributed by atoms with Gasteiger partial charge in [0, 0.05) is 5.02 Å². The number of aryl methyl sites for hydroxylation is 2. The molecule has 0 aromatic heterocycles. The van der Waals surface area contributed by atoms with Crippen molar-refractivity contribution in [3.05, 3.63) is 88.2 Å². The Labute approximate surface area is 171 Å². The third-order valence-corrected chi connectivity index (χ3v) is 4.95. The third kappa shape index (κ3) is 4.63. The van der Waals surface area contributed by atoms with Gasteiger partial charge >= 0.3 is 0 Å². The molecule has 0 saturated heterocycles. The van der Waals surface area contributed by atoms with E-state index < -0.39 is 0 Å². The highest BCUT2D eigenvalue weighted by Crippen LogP contribution is 2.33. The summed E-state index contributed by atoms with van der Waals surface area (Å²) in [5, 5.41) is 0.720. The lowest BCUT2D eigenvalue weighted by Crippen LogP contribution is -1.97. The molecule has 3 aromatic rings. The van der Waals surface area contributed by atoms with Crippen LogP contribution in [0.1, 0.15) is 25.0 Å². The van der Waals surface area contributed by atoms with Crippen LogP contribution in [-0.2, 0) is 0 Å². The van der Waals surface area contributed by atoms with Crippen molar-refractivity contribution in [3.63, 3.8) is 0 Å². The molecule has 0 saturated carbocycles. The molecule has 28 heavy (non-hydrogen) atoms. The van der Waals surface area contributed by atoms with E-state index in [9.17, 15) is 4.39 Å². The molecular weight excluding hydrogens is 371 g/mol. The minimum absolute atomic E-state index is 0.272. The van der Waals surface area contributed by atoms with E-state index in [0.29, 0.717) is 6.61 Å². The largest absolute Gasteiger partial charge is 0.486 e. The van der Waals surface area contributed by atoms with Crippen molar-refractivity contribution in [3.8, 4) is 28.0 Å². The SMILES string of the molecule is CC(C)=CCOc1ccc(-c2cc(C)c(-c3ccc(Cl)cc3)cc2C)cc1F. The molecule has 3 rings (SSSR count). The molecule has 0 aliphatic rings. The van der Waals surface area contributed by atoms with Crippen molar-refractivity contribution in [1.29, 1.82) is 0 Å². The van der Waals surface area contributed by atoms with E-state index in [2.05, 4.69) is 19.1 Å². The lowest BCUT2D eigenvalue weighted by Gasteiger charge is -2.14. The van der Waals surface area contributed by atoms with Gasteiger partial charge in [0.15, 0.2) is 11.6 Å². The van der Waals surface area contributed by atoms with E-state index in [1.54, 1.807) is 12.1 Å². The highest BCUT2D eigenvalue weighted by molar-refractivity contribution is 6.30. The zero-order valence-corrected chi connectivity index (χ0v) is 17.4. The monoisotopic (exact) mass is 394 g/mol. The summed E-state index contributed by atoms with van der Waals surface area (Å²) < 4.78 is 20.0. The summed E-state index contributed by atoms with van der Waals surface area (Å²) in [5.74, 6) is -0.0769. The maximum absolute atomic E-state index is 14.5. The Morgan fingerprint density at radius 2 is 1.46 bits per heavy atom. The smallest absolute Gasteiger partial charge is 0.165 e. The summed E-state index contributed by atoms with van der Waals surface area (Å²) in [5.41, 5.74) is 7.50. The normalized spacial score (nSPS) is 10.6. The number of hydrogen-bond donors (Lipinski definition) is 0. The van der Waals surface area contributed by atoms with Gasteiger partial charge in [-0.15, -0.1) is 0 Å². The number of allylic oxidation sites excluding steroid dienone is 1. The lowest BCUT2D eigenvalue weighted by molar-refractivity contribution is 0.341. The molecule has 0 heterocycles. The van der Waals surface area contributed by atoms with E-state index in [-0.39, 0.29) is 11.6 Å². The molecule has 144 valence electrons. The lowest BCUT2D eigenvalue weighted by atomic mass is 9.92. The summed E-state index contributed by atoms with van der Waals surface area (Å²) in [6.45, 7) is 8.46. The molecular formula is C25H24ClFO. The van der Waals surface area contributed by atoms with Gasteiger partial charge in [0.1, 0.15) is 6.61 Å². The summed E-state index contributed by atoms with van der Waals surface area (Å²) in [6, 6.07) is 17.2. The van der Waals surface area contributed by atoms with Gasteiger partial charge < -0.3 is 4.74 Å². The third-order valence-electron chi connectivity index (χ3n) is 4.70. The maximum atomic E-state index is 14.5. The van der Waals surface area contributed by atoms with E-state index in [1.807, 2.05) is 57.2 Å². The minimum atomic E-state index is -0.349. The fourth-order valence-corrected chi connectivity index (χ4v) is 3.28. The second-order valence-electron chi connectivity index (χ2n) is 7.23. The van der Waals surface area contributed by atoms with Gasteiger partial charge in [-0.25, -0.2) is 4.39 Å². The van der Waals surface area contributed by atoms with Crippen LogP contribution in [0.2, 0.25) is 5.02 Å². The average molecular weight is 395 g/mol. The van der Waals surface area contributed by atoms with Crippen molar-refractivity contribution in [2.24, 2.45) is 0 Å². The number of rotatable bonds is 5. The zero-order chi connectivity index (χ0) is 20.3. The summed E-state index contributed by atoms with van der Waals surface area (Å²) >= 11 is 6.00. The predicted octanol–water partition coefficient (Wildman–Crippen LogP) is 7.77. The van der Waals surface area contributed by atoms with E-state index in [0.717, 1.165) is 44.0 Å². The summed E-state index contributed by atoms with van der Waals surface area (Å²) in [7, 11) is 0. The Morgan fingerprint density at radius 3 is 2.04 bits per heavy atom. The van der Waals surface area contributed by atoms with Crippen molar-refractivity contribution >= 4 is 11.6 Å². The molecule has 3 heteroatoms. The fraction of sp³-hybridized carbons (Fsp3) is 0.200. The van der Waals surface area contributed by atoms with Crippen molar-refractivity contribution < 1.29 is 9.13 Å². The summed E-state index contributed by atoms with van der Waals surface area (Å²) in [6.07, 6.45) is 1.93. The van der Waals surface area contributed by atoms with Crippen LogP contribution in [0.5, 0.6) is 5.75 Å². The molecule has 0 amide bonds. The van der Waals surface area contributed by atoms with Crippen LogP contribution in [-0.4, -0.2) is 6.61 Å². The quantitative estimate of drug-likeness (QED) is 0.401. The van der Waals surface area contributed by atoms with Crippen LogP contribution in [0.15, 0.2) is 66.2 Å². The standard InChI is InChI=1S/C25H24ClFO/c1-16(2)11-12-28-25-10-7-20(15-24(25)27)23-14-17(3)22(13-18(23)4)19-5-8-21(26)9-6-19/h5-11,13-15H,12H2,1-4H3. The Kier molecular flexibility index (Phi) is 6.21. The van der Waals surface area contributed by atoms with Crippen LogP contribution in [0, 0.1) is 19.7 Å². The fourth-order valence-electron chi connectivity index (χ4n) is 3.15. The molecule has 0 aliphatic heterocycles. The average Bonchev–Trinajstić information content (AvgIpc) is 2.65. The van der Waals surface area contributed by atoms with E-state index in [1.165, 1.54) is 0 Å². The molecule has 0 bridgehead atoms. The van der Waals surface area contributed by atoms with Gasteiger partial charge in [0.2, 0.25) is 0 Å². The molecule has 0 fully saturated rings. The van der Waals surface area contributed by atoms with Crippen LogP contribution < -0.4 is 4.74 Å². The second kappa shape index (κ2) is 8.62. The first-order valence-electron chi connectivity index (χ1n) is 9.28. The zero-order valence-electron chi connectivity index (χ0n) is 16.6. The number of hydrogen-bond acceptors (Lipinski definition) is 1. The Balaban J connectivity index is 1.91. The van der Waals surface area contributed by atoms with Crippen LogP contribution in [0.3, 0.4) is 0 Å². The molecule has 0 radical (unpaired) electrons. The van der Waals surface area contributed by atoms with E-state index in [4.69, 9.17) is 16.3 Å². The van der Waals surface area contributed by atoms with Crippen LogP contribution in [0.25, 0.3) is 22.3 Å². The highest BCUT2D eigenvalue weighted by Gasteiger charge is 2.11. The number of ether oxygens (including phenoxy) is 1. The molecule has 0 N–H and O–H groups in total. The van der Waals surface area contributed by atoms with Gasteiger partial charge in [0.05, 0.1) is 0 Å². The Morgan fingerprint density at radius 1 is 0.893 bits per heavy atom. The minimum Gasteiger partial charge on any atom is -0.486 e. The molecule has 3 aromatic carbocycles. The van der Waals surface area contributed by atoms with Crippen molar-refractivity contribution in [1.82, 2.24) is 0 Å². The Hall–Kier alpha value is -2.58. The number of halogens is 2. The van der Waals surface area contributed by atoms with Crippen LogP contribution in [0.4, 0.5) is 4.39 Å². The van der Waals surface area contributed by atoms with Gasteiger partial charge in [-0.2, -0.15) is 0 Å². The Bertz CT molecular complexity index is 1020. The molecule has 0 atom stereocenters. The van der Waals surface area contributed by atoms with Gasteiger partial charge in [-0.1, -0.05) is 47.5 Å². The summed E-state index contributed by atoms with van der Waals surface area (Å²) in [4.78, 5) is 0.